The molecule has 1 aromatic heterocycles. The second kappa shape index (κ2) is 3.87. The molecule has 1 aromatic rings. The fraction of sp³-hybridized carbons (Fsp3) is 0.545. The SMILES string of the molecule is OCc1cc(N2C[C@@H]3C[C@H]2CN3)cnc1Cl. The molecule has 2 fully saturated rings. The summed E-state index contributed by atoms with van der Waals surface area (Å²) >= 11 is 5.88. The van der Waals surface area contributed by atoms with Crippen molar-refractivity contribution in [1.82, 2.24) is 10.3 Å². The lowest BCUT2D eigenvalue weighted by molar-refractivity contribution is 0.281. The van der Waals surface area contributed by atoms with Gasteiger partial charge in [0.15, 0.2) is 0 Å². The molecule has 0 amide bonds. The number of aliphatic hydroxyl groups is 1. The molecule has 0 aromatic carbocycles. The summed E-state index contributed by atoms with van der Waals surface area (Å²) in [5.74, 6) is 0. The van der Waals surface area contributed by atoms with Crippen molar-refractivity contribution in [2.75, 3.05) is 18.0 Å². The van der Waals surface area contributed by atoms with Gasteiger partial charge in [-0.05, 0) is 12.5 Å². The van der Waals surface area contributed by atoms with Crippen LogP contribution in [0.15, 0.2) is 12.3 Å². The summed E-state index contributed by atoms with van der Waals surface area (Å²) < 4.78 is 0. The number of fused-ring (bicyclic) bond motifs is 2. The van der Waals surface area contributed by atoms with Gasteiger partial charge in [-0.25, -0.2) is 4.98 Å². The largest absolute Gasteiger partial charge is 0.392 e. The minimum Gasteiger partial charge on any atom is -0.392 e. The molecule has 3 heterocycles. The fourth-order valence-corrected chi connectivity index (χ4v) is 2.79. The average Bonchev–Trinajstić information content (AvgIpc) is 2.91. The first-order chi connectivity index (χ1) is 7.78. The number of halogens is 1. The maximum Gasteiger partial charge on any atom is 0.134 e. The number of hydrogen-bond donors (Lipinski definition) is 2. The molecular formula is C11H14ClN3O. The van der Waals surface area contributed by atoms with Gasteiger partial charge in [0.05, 0.1) is 18.5 Å². The van der Waals surface area contributed by atoms with Crippen molar-refractivity contribution in [3.63, 3.8) is 0 Å². The summed E-state index contributed by atoms with van der Waals surface area (Å²) in [6.07, 6.45) is 3.00. The second-order valence-corrected chi connectivity index (χ2v) is 4.81. The Balaban J connectivity index is 1.89. The summed E-state index contributed by atoms with van der Waals surface area (Å²) in [5.41, 5.74) is 1.78. The lowest BCUT2D eigenvalue weighted by Crippen LogP contribution is -2.43. The highest BCUT2D eigenvalue weighted by Crippen LogP contribution is 2.30. The normalized spacial score (nSPS) is 27.8. The molecule has 0 spiro atoms. The Bertz CT molecular complexity index is 412. The molecule has 2 N–H and O–H groups in total. The number of anilines is 1. The molecule has 5 heteroatoms. The van der Waals surface area contributed by atoms with E-state index in [0.717, 1.165) is 18.8 Å². The van der Waals surface area contributed by atoms with Gasteiger partial charge in [0, 0.05) is 30.7 Å². The molecule has 2 saturated heterocycles. The molecule has 2 aliphatic heterocycles. The van der Waals surface area contributed by atoms with Gasteiger partial charge in [0.2, 0.25) is 0 Å². The number of rotatable bonds is 2. The van der Waals surface area contributed by atoms with E-state index in [1.165, 1.54) is 6.42 Å². The third-order valence-electron chi connectivity index (χ3n) is 3.46. The van der Waals surface area contributed by atoms with Crippen LogP contribution in [-0.4, -0.2) is 35.3 Å². The monoisotopic (exact) mass is 239 g/mol. The number of pyridine rings is 1. The Kier molecular flexibility index (Phi) is 2.50. The van der Waals surface area contributed by atoms with Crippen molar-refractivity contribution >= 4 is 17.3 Å². The van der Waals surface area contributed by atoms with E-state index in [0.29, 0.717) is 22.8 Å². The zero-order valence-corrected chi connectivity index (χ0v) is 9.61. The van der Waals surface area contributed by atoms with Crippen molar-refractivity contribution in [2.45, 2.75) is 25.1 Å². The molecule has 86 valence electrons. The van der Waals surface area contributed by atoms with Crippen molar-refractivity contribution in [2.24, 2.45) is 0 Å². The number of aliphatic hydroxyl groups excluding tert-OH is 1. The molecule has 4 nitrogen and oxygen atoms in total. The van der Waals surface area contributed by atoms with Gasteiger partial charge in [0.25, 0.3) is 0 Å². The fourth-order valence-electron chi connectivity index (χ4n) is 2.63. The first kappa shape index (κ1) is 10.3. The third-order valence-corrected chi connectivity index (χ3v) is 3.80. The number of hydrogen-bond acceptors (Lipinski definition) is 4. The van der Waals surface area contributed by atoms with Gasteiger partial charge in [0.1, 0.15) is 5.15 Å². The van der Waals surface area contributed by atoms with Crippen LogP contribution in [0, 0.1) is 0 Å². The highest BCUT2D eigenvalue weighted by atomic mass is 35.5. The van der Waals surface area contributed by atoms with Gasteiger partial charge in [-0.1, -0.05) is 11.6 Å². The summed E-state index contributed by atoms with van der Waals surface area (Å²) in [6, 6.07) is 3.12. The lowest BCUT2D eigenvalue weighted by Gasteiger charge is -2.29. The van der Waals surface area contributed by atoms with Crippen LogP contribution in [0.4, 0.5) is 5.69 Å². The van der Waals surface area contributed by atoms with E-state index in [9.17, 15) is 0 Å². The van der Waals surface area contributed by atoms with Gasteiger partial charge < -0.3 is 15.3 Å². The zero-order valence-electron chi connectivity index (χ0n) is 8.86. The summed E-state index contributed by atoms with van der Waals surface area (Å²) in [7, 11) is 0. The van der Waals surface area contributed by atoms with Crippen LogP contribution in [0.1, 0.15) is 12.0 Å². The van der Waals surface area contributed by atoms with E-state index in [4.69, 9.17) is 16.7 Å². The van der Waals surface area contributed by atoms with E-state index in [1.807, 2.05) is 6.07 Å². The highest BCUT2D eigenvalue weighted by Gasteiger charge is 2.37. The molecule has 2 atom stereocenters. The van der Waals surface area contributed by atoms with Crippen LogP contribution >= 0.6 is 11.6 Å². The maximum atomic E-state index is 9.16. The Hall–Kier alpha value is -0.840. The van der Waals surface area contributed by atoms with Gasteiger partial charge >= 0.3 is 0 Å². The quantitative estimate of drug-likeness (QED) is 0.749. The van der Waals surface area contributed by atoms with Crippen molar-refractivity contribution < 1.29 is 5.11 Å². The molecule has 3 rings (SSSR count). The van der Waals surface area contributed by atoms with Gasteiger partial charge in [-0.15, -0.1) is 0 Å². The number of nitrogens with zero attached hydrogens (tertiary/aromatic N) is 2. The number of aromatic nitrogens is 1. The van der Waals surface area contributed by atoms with E-state index in [2.05, 4.69) is 15.2 Å². The lowest BCUT2D eigenvalue weighted by atomic mass is 10.2. The molecular weight excluding hydrogens is 226 g/mol. The van der Waals surface area contributed by atoms with E-state index < -0.39 is 0 Å². The van der Waals surface area contributed by atoms with Crippen molar-refractivity contribution in [1.29, 1.82) is 0 Å². The summed E-state index contributed by atoms with van der Waals surface area (Å²) in [4.78, 5) is 6.47. The molecule has 0 unspecified atom stereocenters. The van der Waals surface area contributed by atoms with Crippen LogP contribution in [0.2, 0.25) is 5.15 Å². The standard InChI is InChI=1S/C11H14ClN3O/c12-11-7(6-16)1-9(4-14-11)15-5-8-2-10(15)3-13-8/h1,4,8,10,13,16H,2-3,5-6H2/t8-,10-/m0/s1. The highest BCUT2D eigenvalue weighted by molar-refractivity contribution is 6.30. The third kappa shape index (κ3) is 1.57. The first-order valence-electron chi connectivity index (χ1n) is 5.53. The van der Waals surface area contributed by atoms with Crippen LogP contribution < -0.4 is 10.2 Å². The van der Waals surface area contributed by atoms with Gasteiger partial charge in [-0.3, -0.25) is 0 Å². The molecule has 2 bridgehead atoms. The Morgan fingerprint density at radius 1 is 1.62 bits per heavy atom. The zero-order chi connectivity index (χ0) is 11.1. The van der Waals surface area contributed by atoms with Crippen LogP contribution in [-0.2, 0) is 6.61 Å². The topological polar surface area (TPSA) is 48.4 Å². The smallest absolute Gasteiger partial charge is 0.134 e. The molecule has 0 radical (unpaired) electrons. The molecule has 0 saturated carbocycles. The number of nitrogens with one attached hydrogen (secondary N) is 1. The van der Waals surface area contributed by atoms with Crippen LogP contribution in [0.25, 0.3) is 0 Å². The summed E-state index contributed by atoms with van der Waals surface area (Å²) in [6.45, 7) is 2.01. The Labute approximate surface area is 99.2 Å². The average molecular weight is 240 g/mol. The predicted molar refractivity (Wildman–Crippen MR) is 62.7 cm³/mol. The minimum atomic E-state index is -0.0557. The van der Waals surface area contributed by atoms with Gasteiger partial charge in [-0.2, -0.15) is 0 Å². The number of piperazine rings is 1. The maximum absolute atomic E-state index is 9.16. The minimum absolute atomic E-state index is 0.0557. The molecule has 16 heavy (non-hydrogen) atoms. The van der Waals surface area contributed by atoms with E-state index >= 15 is 0 Å². The van der Waals surface area contributed by atoms with Crippen molar-refractivity contribution in [3.05, 3.63) is 23.0 Å². The second-order valence-electron chi connectivity index (χ2n) is 4.45. The first-order valence-corrected chi connectivity index (χ1v) is 5.91. The van der Waals surface area contributed by atoms with E-state index in [1.54, 1.807) is 6.20 Å². The van der Waals surface area contributed by atoms with E-state index in [-0.39, 0.29) is 6.61 Å². The Morgan fingerprint density at radius 2 is 2.50 bits per heavy atom. The van der Waals surface area contributed by atoms with Crippen LogP contribution in [0.5, 0.6) is 0 Å². The van der Waals surface area contributed by atoms with Crippen molar-refractivity contribution in [3.8, 4) is 0 Å². The Morgan fingerprint density at radius 3 is 3.12 bits per heavy atom. The van der Waals surface area contributed by atoms with Crippen LogP contribution in [0.3, 0.4) is 0 Å². The molecule has 2 aliphatic rings. The summed E-state index contributed by atoms with van der Waals surface area (Å²) in [5, 5.41) is 13.0. The predicted octanol–water partition coefficient (Wildman–Crippen LogP) is 0.778. The molecule has 0 aliphatic carbocycles.